The maximum atomic E-state index is 11.8. The van der Waals surface area contributed by atoms with E-state index >= 15 is 0 Å². The van der Waals surface area contributed by atoms with E-state index in [9.17, 15) is 4.79 Å². The van der Waals surface area contributed by atoms with E-state index in [0.717, 1.165) is 18.9 Å². The number of nitriles is 1. The molecule has 3 unspecified atom stereocenters. The Labute approximate surface area is 92.1 Å². The molecule has 0 spiro atoms. The van der Waals surface area contributed by atoms with E-state index in [0.29, 0.717) is 12.3 Å². The summed E-state index contributed by atoms with van der Waals surface area (Å²) < 4.78 is 0. The third kappa shape index (κ3) is 3.23. The summed E-state index contributed by atoms with van der Waals surface area (Å²) in [6.45, 7) is 5.03. The Morgan fingerprint density at radius 2 is 2.27 bits per heavy atom. The van der Waals surface area contributed by atoms with Crippen LogP contribution in [0.15, 0.2) is 0 Å². The van der Waals surface area contributed by atoms with Crippen molar-refractivity contribution in [3.05, 3.63) is 0 Å². The van der Waals surface area contributed by atoms with Crippen LogP contribution in [0.4, 0.5) is 0 Å². The zero-order chi connectivity index (χ0) is 11.4. The normalized spacial score (nSPS) is 25.5. The number of hydrogen-bond donors (Lipinski definition) is 0. The third-order valence-corrected chi connectivity index (χ3v) is 3.19. The van der Waals surface area contributed by atoms with Gasteiger partial charge >= 0.3 is 0 Å². The first-order valence-electron chi connectivity index (χ1n) is 5.74. The monoisotopic (exact) mass is 208 g/mol. The first kappa shape index (κ1) is 12.0. The molecule has 3 atom stereocenters. The van der Waals surface area contributed by atoms with E-state index in [4.69, 9.17) is 5.26 Å². The molecule has 1 fully saturated rings. The van der Waals surface area contributed by atoms with Gasteiger partial charge in [0.05, 0.1) is 6.07 Å². The Bertz CT molecular complexity index is 269. The molecule has 0 radical (unpaired) electrons. The summed E-state index contributed by atoms with van der Waals surface area (Å²) in [5.41, 5.74) is 0. The van der Waals surface area contributed by atoms with Crippen LogP contribution in [-0.2, 0) is 4.79 Å². The molecule has 84 valence electrons. The van der Waals surface area contributed by atoms with Gasteiger partial charge in [0.1, 0.15) is 5.92 Å². The number of carbonyl (C=O) groups is 1. The van der Waals surface area contributed by atoms with Crippen molar-refractivity contribution in [2.75, 3.05) is 13.6 Å². The summed E-state index contributed by atoms with van der Waals surface area (Å²) in [5, 5.41) is 8.88. The van der Waals surface area contributed by atoms with E-state index in [1.54, 1.807) is 4.90 Å². The standard InChI is InChI=1S/C12H20N2O/c1-4-5-10(7-13)12(15)14(3)8-11-6-9(11)2/h9-11H,4-6,8H2,1-3H3. The van der Waals surface area contributed by atoms with Crippen molar-refractivity contribution >= 4 is 5.91 Å². The molecule has 0 heterocycles. The van der Waals surface area contributed by atoms with Crippen LogP contribution in [0.25, 0.3) is 0 Å². The van der Waals surface area contributed by atoms with Crippen LogP contribution in [0.5, 0.6) is 0 Å². The maximum Gasteiger partial charge on any atom is 0.239 e. The Morgan fingerprint density at radius 1 is 1.67 bits per heavy atom. The second-order valence-electron chi connectivity index (χ2n) is 4.66. The lowest BCUT2D eigenvalue weighted by atomic mass is 10.0. The highest BCUT2D eigenvalue weighted by molar-refractivity contribution is 5.80. The van der Waals surface area contributed by atoms with Gasteiger partial charge in [0.25, 0.3) is 0 Å². The van der Waals surface area contributed by atoms with Crippen molar-refractivity contribution in [1.29, 1.82) is 5.26 Å². The molecule has 0 bridgehead atoms. The second-order valence-corrected chi connectivity index (χ2v) is 4.66. The Morgan fingerprint density at radius 3 is 2.67 bits per heavy atom. The van der Waals surface area contributed by atoms with Gasteiger partial charge in [-0.25, -0.2) is 0 Å². The first-order valence-corrected chi connectivity index (χ1v) is 5.74. The van der Waals surface area contributed by atoms with E-state index < -0.39 is 5.92 Å². The van der Waals surface area contributed by atoms with Gasteiger partial charge in [0, 0.05) is 13.6 Å². The highest BCUT2D eigenvalue weighted by atomic mass is 16.2. The summed E-state index contributed by atoms with van der Waals surface area (Å²) in [6.07, 6.45) is 2.79. The van der Waals surface area contributed by atoms with Crippen molar-refractivity contribution < 1.29 is 4.79 Å². The topological polar surface area (TPSA) is 44.1 Å². The van der Waals surface area contributed by atoms with Crippen LogP contribution in [0, 0.1) is 29.1 Å². The van der Waals surface area contributed by atoms with Gasteiger partial charge in [-0.1, -0.05) is 20.3 Å². The number of nitrogens with zero attached hydrogens (tertiary/aromatic N) is 2. The smallest absolute Gasteiger partial charge is 0.239 e. The summed E-state index contributed by atoms with van der Waals surface area (Å²) in [5.74, 6) is 0.986. The predicted molar refractivity (Wildman–Crippen MR) is 58.9 cm³/mol. The van der Waals surface area contributed by atoms with Crippen LogP contribution < -0.4 is 0 Å². The van der Waals surface area contributed by atoms with Crippen molar-refractivity contribution in [3.8, 4) is 6.07 Å². The molecule has 3 nitrogen and oxygen atoms in total. The van der Waals surface area contributed by atoms with E-state index in [1.807, 2.05) is 14.0 Å². The number of amides is 1. The highest BCUT2D eigenvalue weighted by Gasteiger charge is 2.35. The molecular formula is C12H20N2O. The SMILES string of the molecule is CCCC(C#N)C(=O)N(C)CC1CC1C. The zero-order valence-electron chi connectivity index (χ0n) is 9.86. The quantitative estimate of drug-likeness (QED) is 0.694. The molecule has 0 aromatic heterocycles. The highest BCUT2D eigenvalue weighted by Crippen LogP contribution is 2.38. The molecule has 1 aliphatic carbocycles. The first-order chi connectivity index (χ1) is 7.10. The molecule has 3 heteroatoms. The fourth-order valence-electron chi connectivity index (χ4n) is 1.89. The van der Waals surface area contributed by atoms with Crippen LogP contribution in [-0.4, -0.2) is 24.4 Å². The molecule has 0 aliphatic heterocycles. The lowest BCUT2D eigenvalue weighted by Gasteiger charge is -2.19. The van der Waals surface area contributed by atoms with Gasteiger partial charge < -0.3 is 4.90 Å². The van der Waals surface area contributed by atoms with Gasteiger partial charge in [-0.15, -0.1) is 0 Å². The third-order valence-electron chi connectivity index (χ3n) is 3.19. The van der Waals surface area contributed by atoms with Crippen molar-refractivity contribution in [1.82, 2.24) is 4.90 Å². The van der Waals surface area contributed by atoms with Crippen LogP contribution in [0.1, 0.15) is 33.1 Å². The molecule has 0 aromatic carbocycles. The van der Waals surface area contributed by atoms with E-state index in [1.165, 1.54) is 6.42 Å². The summed E-state index contributed by atoms with van der Waals surface area (Å²) in [6, 6.07) is 2.10. The van der Waals surface area contributed by atoms with Crippen LogP contribution in [0.3, 0.4) is 0 Å². The van der Waals surface area contributed by atoms with Crippen molar-refractivity contribution in [2.45, 2.75) is 33.1 Å². The van der Waals surface area contributed by atoms with Gasteiger partial charge in [0.2, 0.25) is 5.91 Å². The van der Waals surface area contributed by atoms with Crippen molar-refractivity contribution in [3.63, 3.8) is 0 Å². The van der Waals surface area contributed by atoms with Gasteiger partial charge in [-0.05, 0) is 24.7 Å². The minimum absolute atomic E-state index is 0.00144. The average Bonchev–Trinajstić information content (AvgIpc) is 2.89. The fourth-order valence-corrected chi connectivity index (χ4v) is 1.89. The summed E-state index contributed by atoms with van der Waals surface area (Å²) >= 11 is 0. The number of hydrogen-bond acceptors (Lipinski definition) is 2. The molecule has 0 aromatic rings. The zero-order valence-corrected chi connectivity index (χ0v) is 9.86. The molecule has 0 saturated heterocycles. The lowest BCUT2D eigenvalue weighted by molar-refractivity contribution is -0.132. The second kappa shape index (κ2) is 5.16. The largest absolute Gasteiger partial charge is 0.344 e. The Balaban J connectivity index is 2.40. The van der Waals surface area contributed by atoms with Crippen LogP contribution in [0.2, 0.25) is 0 Å². The van der Waals surface area contributed by atoms with Gasteiger partial charge in [0.15, 0.2) is 0 Å². The van der Waals surface area contributed by atoms with Crippen LogP contribution >= 0.6 is 0 Å². The molecule has 15 heavy (non-hydrogen) atoms. The average molecular weight is 208 g/mol. The predicted octanol–water partition coefficient (Wildman–Crippen LogP) is 2.04. The minimum atomic E-state index is -0.436. The Kier molecular flexibility index (Phi) is 4.14. The van der Waals surface area contributed by atoms with Crippen molar-refractivity contribution in [2.24, 2.45) is 17.8 Å². The van der Waals surface area contributed by atoms with E-state index in [-0.39, 0.29) is 5.91 Å². The molecule has 1 rings (SSSR count). The van der Waals surface area contributed by atoms with Gasteiger partial charge in [-0.2, -0.15) is 5.26 Å². The minimum Gasteiger partial charge on any atom is -0.344 e. The Hall–Kier alpha value is -1.04. The molecule has 1 aliphatic rings. The molecule has 1 amide bonds. The fraction of sp³-hybridized carbons (Fsp3) is 0.833. The number of rotatable bonds is 5. The molecule has 1 saturated carbocycles. The molecule has 0 N–H and O–H groups in total. The molecular weight excluding hydrogens is 188 g/mol. The lowest BCUT2D eigenvalue weighted by Crippen LogP contribution is -2.34. The maximum absolute atomic E-state index is 11.8. The number of carbonyl (C=O) groups excluding carboxylic acids is 1. The summed E-state index contributed by atoms with van der Waals surface area (Å²) in [7, 11) is 1.81. The van der Waals surface area contributed by atoms with Gasteiger partial charge in [-0.3, -0.25) is 4.79 Å². The summed E-state index contributed by atoms with van der Waals surface area (Å²) in [4.78, 5) is 13.6. The van der Waals surface area contributed by atoms with E-state index in [2.05, 4.69) is 13.0 Å².